The Labute approximate surface area is 154 Å². The summed E-state index contributed by atoms with van der Waals surface area (Å²) in [6.07, 6.45) is 5.06. The largest absolute Gasteiger partial charge is 0.396 e. The molecule has 4 rings (SSSR count). The summed E-state index contributed by atoms with van der Waals surface area (Å²) < 4.78 is 1.83. The first kappa shape index (κ1) is 17.7. The summed E-state index contributed by atoms with van der Waals surface area (Å²) >= 11 is 0. The van der Waals surface area contributed by atoms with Gasteiger partial charge in [0.1, 0.15) is 0 Å². The van der Waals surface area contributed by atoms with Crippen molar-refractivity contribution < 1.29 is 9.90 Å². The molecule has 1 aliphatic carbocycles. The molecule has 2 aliphatic heterocycles. The van der Waals surface area contributed by atoms with Gasteiger partial charge in [-0.15, -0.1) is 0 Å². The third-order valence-electron chi connectivity index (χ3n) is 6.72. The van der Waals surface area contributed by atoms with Crippen LogP contribution in [-0.2, 0) is 11.3 Å². The number of pyridine rings is 1. The number of fused-ring (bicyclic) bond motifs is 4. The molecule has 4 atom stereocenters. The van der Waals surface area contributed by atoms with Crippen LogP contribution < -0.4 is 5.56 Å². The average molecular weight is 359 g/mol. The van der Waals surface area contributed by atoms with Crippen LogP contribution in [0.2, 0.25) is 0 Å². The first-order valence-electron chi connectivity index (χ1n) is 9.80. The van der Waals surface area contributed by atoms with Gasteiger partial charge in [0.05, 0.1) is 12.0 Å². The Morgan fingerprint density at radius 1 is 1.27 bits per heavy atom. The van der Waals surface area contributed by atoms with Crippen LogP contribution in [0.3, 0.4) is 0 Å². The van der Waals surface area contributed by atoms with Crippen LogP contribution in [0.4, 0.5) is 0 Å². The minimum absolute atomic E-state index is 0.00680. The molecule has 0 radical (unpaired) electrons. The first-order chi connectivity index (χ1) is 12.5. The fourth-order valence-corrected chi connectivity index (χ4v) is 5.49. The molecule has 0 spiro atoms. The van der Waals surface area contributed by atoms with E-state index in [1.54, 1.807) is 31.1 Å². The lowest BCUT2D eigenvalue weighted by molar-refractivity contribution is -0.135. The summed E-state index contributed by atoms with van der Waals surface area (Å²) in [4.78, 5) is 29.5. The zero-order chi connectivity index (χ0) is 18.4. The number of carbonyl (C=O) groups excluding carboxylic acids is 1. The van der Waals surface area contributed by atoms with Crippen molar-refractivity contribution in [3.05, 3.63) is 34.2 Å². The highest BCUT2D eigenvalue weighted by Crippen LogP contribution is 2.49. The lowest BCUT2D eigenvalue weighted by atomic mass is 9.86. The van der Waals surface area contributed by atoms with E-state index < -0.39 is 0 Å². The van der Waals surface area contributed by atoms with Gasteiger partial charge in [0, 0.05) is 57.5 Å². The standard InChI is InChI=1S/C20H29N3O3/c1-21(2)20(26)18-14(12-24)16-11-22-15(8-5-9-17(22)25)19(18)23(16)10-13-6-3-4-7-13/h5,8-9,13-14,16,18-19,24H,3-4,6-7,10-12H2,1-2H3/t14-,16-,18+,19+/m0/s1. The minimum atomic E-state index is -0.294. The Bertz CT molecular complexity index is 738. The van der Waals surface area contributed by atoms with Crippen molar-refractivity contribution in [3.8, 4) is 0 Å². The number of rotatable bonds is 4. The van der Waals surface area contributed by atoms with Crippen LogP contribution >= 0.6 is 0 Å². The predicted molar refractivity (Wildman–Crippen MR) is 98.7 cm³/mol. The smallest absolute Gasteiger partial charge is 0.250 e. The molecule has 1 amide bonds. The van der Waals surface area contributed by atoms with Crippen molar-refractivity contribution in [1.82, 2.24) is 14.4 Å². The molecule has 142 valence electrons. The van der Waals surface area contributed by atoms with Gasteiger partial charge in [0.2, 0.25) is 5.91 Å². The van der Waals surface area contributed by atoms with Gasteiger partial charge in [-0.3, -0.25) is 14.5 Å². The number of aliphatic hydroxyl groups is 1. The van der Waals surface area contributed by atoms with Crippen molar-refractivity contribution in [1.29, 1.82) is 0 Å². The third-order valence-corrected chi connectivity index (χ3v) is 6.72. The molecule has 2 bridgehead atoms. The van der Waals surface area contributed by atoms with E-state index in [9.17, 15) is 14.7 Å². The Morgan fingerprint density at radius 3 is 2.65 bits per heavy atom. The molecular formula is C20H29N3O3. The van der Waals surface area contributed by atoms with Crippen molar-refractivity contribution in [2.45, 2.75) is 44.3 Å². The summed E-state index contributed by atoms with van der Waals surface area (Å²) in [6, 6.07) is 5.31. The van der Waals surface area contributed by atoms with Gasteiger partial charge >= 0.3 is 0 Å². The molecule has 2 fully saturated rings. The Balaban J connectivity index is 1.78. The second-order valence-electron chi connectivity index (χ2n) is 8.36. The van der Waals surface area contributed by atoms with Gasteiger partial charge in [-0.1, -0.05) is 18.9 Å². The second-order valence-corrected chi connectivity index (χ2v) is 8.36. The van der Waals surface area contributed by atoms with E-state index in [0.29, 0.717) is 12.5 Å². The third kappa shape index (κ3) is 2.70. The van der Waals surface area contributed by atoms with Gasteiger partial charge < -0.3 is 14.6 Å². The predicted octanol–water partition coefficient (Wildman–Crippen LogP) is 1.09. The number of carbonyl (C=O) groups is 1. The van der Waals surface area contributed by atoms with Gasteiger partial charge in [-0.2, -0.15) is 0 Å². The molecule has 1 saturated heterocycles. The van der Waals surface area contributed by atoms with E-state index >= 15 is 0 Å². The maximum Gasteiger partial charge on any atom is 0.250 e. The van der Waals surface area contributed by atoms with E-state index in [2.05, 4.69) is 4.90 Å². The molecule has 1 saturated carbocycles. The highest BCUT2D eigenvalue weighted by Gasteiger charge is 2.56. The lowest BCUT2D eigenvalue weighted by Crippen LogP contribution is -2.47. The number of hydrogen-bond donors (Lipinski definition) is 1. The SMILES string of the molecule is CN(C)C(=O)[C@@H]1[C@@H](CO)[C@@H]2Cn3c(cccc3=O)[C@H]1N2CC1CCCC1. The summed E-state index contributed by atoms with van der Waals surface area (Å²) in [5.41, 5.74) is 0.926. The van der Waals surface area contributed by atoms with E-state index in [1.807, 2.05) is 10.6 Å². The zero-order valence-corrected chi connectivity index (χ0v) is 15.7. The maximum atomic E-state index is 13.0. The van der Waals surface area contributed by atoms with Gasteiger partial charge in [0.15, 0.2) is 0 Å². The summed E-state index contributed by atoms with van der Waals surface area (Å²) in [5.74, 6) is 0.291. The number of amides is 1. The fourth-order valence-electron chi connectivity index (χ4n) is 5.49. The number of hydrogen-bond acceptors (Lipinski definition) is 4. The lowest BCUT2D eigenvalue weighted by Gasteiger charge is -2.39. The van der Waals surface area contributed by atoms with E-state index in [-0.39, 0.29) is 42.0 Å². The molecule has 0 aromatic carbocycles. The van der Waals surface area contributed by atoms with Crippen LogP contribution in [0, 0.1) is 17.8 Å². The molecule has 1 N–H and O–H groups in total. The highest BCUT2D eigenvalue weighted by molar-refractivity contribution is 5.80. The Kier molecular flexibility index (Phi) is 4.65. The molecule has 6 heteroatoms. The molecule has 1 aromatic heterocycles. The van der Waals surface area contributed by atoms with Crippen LogP contribution in [0.5, 0.6) is 0 Å². The number of nitrogens with zero attached hydrogens (tertiary/aromatic N) is 3. The summed E-state index contributed by atoms with van der Waals surface area (Å²) in [7, 11) is 3.55. The topological polar surface area (TPSA) is 65.8 Å². The number of aromatic nitrogens is 1. The van der Waals surface area contributed by atoms with Crippen molar-refractivity contribution in [3.63, 3.8) is 0 Å². The normalized spacial score (nSPS) is 31.2. The van der Waals surface area contributed by atoms with Crippen LogP contribution in [0.15, 0.2) is 23.0 Å². The van der Waals surface area contributed by atoms with Gasteiger partial charge in [-0.25, -0.2) is 0 Å². The molecule has 1 aromatic rings. The Morgan fingerprint density at radius 2 is 2.00 bits per heavy atom. The van der Waals surface area contributed by atoms with E-state index in [1.165, 1.54) is 25.7 Å². The monoisotopic (exact) mass is 359 g/mol. The average Bonchev–Trinajstić information content (AvgIpc) is 3.19. The molecule has 3 aliphatic rings. The number of aliphatic hydroxyl groups excluding tert-OH is 1. The molecule has 3 heterocycles. The summed E-state index contributed by atoms with van der Waals surface area (Å²) in [5, 5.41) is 10.2. The summed E-state index contributed by atoms with van der Waals surface area (Å²) in [6.45, 7) is 1.52. The van der Waals surface area contributed by atoms with Crippen LogP contribution in [-0.4, -0.2) is 58.7 Å². The van der Waals surface area contributed by atoms with Gasteiger partial charge in [0.25, 0.3) is 5.56 Å². The van der Waals surface area contributed by atoms with Crippen LogP contribution in [0.1, 0.15) is 37.4 Å². The van der Waals surface area contributed by atoms with E-state index in [4.69, 9.17) is 0 Å². The molecule has 26 heavy (non-hydrogen) atoms. The van der Waals surface area contributed by atoms with Gasteiger partial charge in [-0.05, 0) is 24.8 Å². The molecule has 0 unspecified atom stereocenters. The Hall–Kier alpha value is -1.66. The molecular weight excluding hydrogens is 330 g/mol. The highest BCUT2D eigenvalue weighted by atomic mass is 16.3. The van der Waals surface area contributed by atoms with E-state index in [0.717, 1.165) is 12.2 Å². The second kappa shape index (κ2) is 6.82. The minimum Gasteiger partial charge on any atom is -0.396 e. The van der Waals surface area contributed by atoms with Crippen molar-refractivity contribution in [2.75, 3.05) is 27.2 Å². The fraction of sp³-hybridized carbons (Fsp3) is 0.700. The first-order valence-corrected chi connectivity index (χ1v) is 9.80. The van der Waals surface area contributed by atoms with Crippen LogP contribution in [0.25, 0.3) is 0 Å². The quantitative estimate of drug-likeness (QED) is 0.874. The molecule has 6 nitrogen and oxygen atoms in total. The van der Waals surface area contributed by atoms with Crippen molar-refractivity contribution >= 4 is 5.91 Å². The maximum absolute atomic E-state index is 13.0. The van der Waals surface area contributed by atoms with Crippen molar-refractivity contribution in [2.24, 2.45) is 17.8 Å². The zero-order valence-electron chi connectivity index (χ0n) is 15.7.